The Labute approximate surface area is 104 Å². The molecule has 0 saturated heterocycles. The van der Waals surface area contributed by atoms with Gasteiger partial charge in [0.25, 0.3) is 0 Å². The first kappa shape index (κ1) is 10.4. The third-order valence-corrected chi connectivity index (χ3v) is 4.10. The van der Waals surface area contributed by atoms with Crippen molar-refractivity contribution in [1.82, 2.24) is 10.3 Å². The predicted molar refractivity (Wildman–Crippen MR) is 70.6 cm³/mol. The molecule has 0 radical (unpaired) electrons. The van der Waals surface area contributed by atoms with E-state index in [9.17, 15) is 0 Å². The van der Waals surface area contributed by atoms with E-state index in [-0.39, 0.29) is 0 Å². The van der Waals surface area contributed by atoms with Crippen LogP contribution in [0.15, 0.2) is 22.7 Å². The van der Waals surface area contributed by atoms with Gasteiger partial charge in [-0.15, -0.1) is 0 Å². The summed E-state index contributed by atoms with van der Waals surface area (Å²) in [5.74, 6) is 0. The van der Waals surface area contributed by atoms with E-state index in [1.807, 2.05) is 0 Å². The van der Waals surface area contributed by atoms with Crippen molar-refractivity contribution in [2.24, 2.45) is 0 Å². The Balaban J connectivity index is 1.97. The Hall–Kier alpha value is -0.800. The van der Waals surface area contributed by atoms with Gasteiger partial charge in [0, 0.05) is 33.7 Å². The summed E-state index contributed by atoms with van der Waals surface area (Å²) in [7, 11) is 0. The van der Waals surface area contributed by atoms with Gasteiger partial charge in [0.05, 0.1) is 0 Å². The van der Waals surface area contributed by atoms with E-state index < -0.39 is 0 Å². The van der Waals surface area contributed by atoms with Gasteiger partial charge in [-0.25, -0.2) is 0 Å². The molecule has 0 amide bonds. The number of para-hydroxylation sites is 1. The van der Waals surface area contributed by atoms with E-state index in [4.69, 9.17) is 0 Å². The standard InChI is InChI=1S/C13H15BrN2/c1-8-3-2-4-10-12(14)11(16-13(8)10)7-15-9-5-6-9/h2-4,9,15-16H,5-7H2,1H3. The van der Waals surface area contributed by atoms with Gasteiger partial charge in [0.15, 0.2) is 0 Å². The van der Waals surface area contributed by atoms with Gasteiger partial charge in [-0.1, -0.05) is 18.2 Å². The summed E-state index contributed by atoms with van der Waals surface area (Å²) in [6.07, 6.45) is 2.66. The number of H-pyrrole nitrogens is 1. The van der Waals surface area contributed by atoms with Crippen LogP contribution in [-0.2, 0) is 6.54 Å². The largest absolute Gasteiger partial charge is 0.356 e. The van der Waals surface area contributed by atoms with E-state index in [0.717, 1.165) is 12.6 Å². The summed E-state index contributed by atoms with van der Waals surface area (Å²) in [4.78, 5) is 3.51. The first-order valence-electron chi connectivity index (χ1n) is 5.75. The van der Waals surface area contributed by atoms with Crippen LogP contribution in [0.25, 0.3) is 10.9 Å². The molecule has 0 spiro atoms. The third kappa shape index (κ3) is 1.78. The monoisotopic (exact) mass is 278 g/mol. The van der Waals surface area contributed by atoms with Crippen molar-refractivity contribution in [1.29, 1.82) is 0 Å². The Morgan fingerprint density at radius 3 is 2.94 bits per heavy atom. The van der Waals surface area contributed by atoms with Crippen LogP contribution in [0, 0.1) is 6.92 Å². The van der Waals surface area contributed by atoms with Crippen molar-refractivity contribution in [2.45, 2.75) is 32.4 Å². The highest BCUT2D eigenvalue weighted by Gasteiger charge is 2.21. The molecule has 1 aromatic heterocycles. The summed E-state index contributed by atoms with van der Waals surface area (Å²) in [6, 6.07) is 7.15. The molecule has 3 rings (SSSR count). The Bertz CT molecular complexity index is 526. The number of benzene rings is 1. The van der Waals surface area contributed by atoms with Crippen LogP contribution >= 0.6 is 15.9 Å². The highest BCUT2D eigenvalue weighted by Crippen LogP contribution is 2.30. The lowest BCUT2D eigenvalue weighted by Crippen LogP contribution is -2.15. The van der Waals surface area contributed by atoms with Gasteiger partial charge >= 0.3 is 0 Å². The summed E-state index contributed by atoms with van der Waals surface area (Å²) in [6.45, 7) is 3.07. The van der Waals surface area contributed by atoms with Crippen LogP contribution in [0.4, 0.5) is 0 Å². The van der Waals surface area contributed by atoms with Crippen molar-refractivity contribution >= 4 is 26.8 Å². The zero-order valence-corrected chi connectivity index (χ0v) is 10.9. The van der Waals surface area contributed by atoms with Gasteiger partial charge < -0.3 is 10.3 Å². The molecule has 1 saturated carbocycles. The summed E-state index contributed by atoms with van der Waals surface area (Å²) in [5.41, 5.74) is 3.81. The number of nitrogens with one attached hydrogen (secondary N) is 2. The molecule has 1 aliphatic carbocycles. The number of aromatic nitrogens is 1. The van der Waals surface area contributed by atoms with E-state index in [0.29, 0.717) is 0 Å². The van der Waals surface area contributed by atoms with Crippen molar-refractivity contribution in [3.8, 4) is 0 Å². The van der Waals surface area contributed by atoms with E-state index in [1.165, 1.54) is 39.5 Å². The Morgan fingerprint density at radius 1 is 1.44 bits per heavy atom. The second-order valence-corrected chi connectivity index (χ2v) is 5.36. The second-order valence-electron chi connectivity index (χ2n) is 4.57. The van der Waals surface area contributed by atoms with Crippen molar-refractivity contribution in [3.63, 3.8) is 0 Å². The van der Waals surface area contributed by atoms with E-state index >= 15 is 0 Å². The molecule has 0 atom stereocenters. The molecule has 84 valence electrons. The fourth-order valence-corrected chi connectivity index (χ4v) is 2.61. The van der Waals surface area contributed by atoms with Crippen molar-refractivity contribution < 1.29 is 0 Å². The summed E-state index contributed by atoms with van der Waals surface area (Å²) < 4.78 is 1.21. The molecule has 2 N–H and O–H groups in total. The van der Waals surface area contributed by atoms with Gasteiger partial charge in [-0.3, -0.25) is 0 Å². The summed E-state index contributed by atoms with van der Waals surface area (Å²) >= 11 is 3.69. The van der Waals surface area contributed by atoms with Crippen LogP contribution in [-0.4, -0.2) is 11.0 Å². The lowest BCUT2D eigenvalue weighted by Gasteiger charge is -2.00. The third-order valence-electron chi connectivity index (χ3n) is 3.19. The van der Waals surface area contributed by atoms with Crippen LogP contribution < -0.4 is 5.32 Å². The van der Waals surface area contributed by atoms with Gasteiger partial charge in [-0.05, 0) is 41.3 Å². The average molecular weight is 279 g/mol. The van der Waals surface area contributed by atoms with Gasteiger partial charge in [0.1, 0.15) is 0 Å². The molecule has 2 nitrogen and oxygen atoms in total. The first-order chi connectivity index (χ1) is 7.75. The molecule has 16 heavy (non-hydrogen) atoms. The minimum Gasteiger partial charge on any atom is -0.356 e. The van der Waals surface area contributed by atoms with Gasteiger partial charge in [0.2, 0.25) is 0 Å². The quantitative estimate of drug-likeness (QED) is 0.884. The minimum absolute atomic E-state index is 0.749. The number of aryl methyl sites for hydroxylation is 1. The number of rotatable bonds is 3. The van der Waals surface area contributed by atoms with Gasteiger partial charge in [-0.2, -0.15) is 0 Å². The van der Waals surface area contributed by atoms with Crippen LogP contribution in [0.2, 0.25) is 0 Å². The fourth-order valence-electron chi connectivity index (χ4n) is 2.04. The maximum absolute atomic E-state index is 3.69. The lowest BCUT2D eigenvalue weighted by molar-refractivity contribution is 0.676. The van der Waals surface area contributed by atoms with Crippen LogP contribution in [0.5, 0.6) is 0 Å². The zero-order valence-electron chi connectivity index (χ0n) is 9.31. The zero-order chi connectivity index (χ0) is 11.1. The van der Waals surface area contributed by atoms with E-state index in [1.54, 1.807) is 0 Å². The smallest absolute Gasteiger partial charge is 0.0497 e. The summed E-state index contributed by atoms with van der Waals surface area (Å²) in [5, 5.41) is 4.82. The van der Waals surface area contributed by atoms with Crippen molar-refractivity contribution in [2.75, 3.05) is 0 Å². The number of hydrogen-bond acceptors (Lipinski definition) is 1. The van der Waals surface area contributed by atoms with Crippen molar-refractivity contribution in [3.05, 3.63) is 33.9 Å². The second kappa shape index (κ2) is 3.90. The first-order valence-corrected chi connectivity index (χ1v) is 6.54. The molecule has 0 aliphatic heterocycles. The molecule has 1 heterocycles. The Morgan fingerprint density at radius 2 is 2.25 bits per heavy atom. The Kier molecular flexibility index (Phi) is 2.52. The molecule has 1 aliphatic rings. The van der Waals surface area contributed by atoms with Crippen LogP contribution in [0.3, 0.4) is 0 Å². The normalized spacial score (nSPS) is 15.9. The molecule has 2 aromatic rings. The number of hydrogen-bond donors (Lipinski definition) is 2. The number of halogens is 1. The lowest BCUT2D eigenvalue weighted by atomic mass is 10.2. The molecule has 1 fully saturated rings. The molecule has 3 heteroatoms. The average Bonchev–Trinajstić information content (AvgIpc) is 3.04. The highest BCUT2D eigenvalue weighted by molar-refractivity contribution is 9.10. The molecule has 1 aromatic carbocycles. The fraction of sp³-hybridized carbons (Fsp3) is 0.385. The molecule has 0 unspecified atom stereocenters. The maximum atomic E-state index is 3.69. The predicted octanol–water partition coefficient (Wildman–Crippen LogP) is 3.49. The molecular weight excluding hydrogens is 264 g/mol. The maximum Gasteiger partial charge on any atom is 0.0497 e. The minimum atomic E-state index is 0.749. The van der Waals surface area contributed by atoms with Crippen LogP contribution in [0.1, 0.15) is 24.1 Å². The SMILES string of the molecule is Cc1cccc2c(Br)c(CNC3CC3)[nH]c12. The topological polar surface area (TPSA) is 27.8 Å². The number of fused-ring (bicyclic) bond motifs is 1. The molecular formula is C13H15BrN2. The molecule has 0 bridgehead atoms. The van der Waals surface area contributed by atoms with E-state index in [2.05, 4.69) is 51.4 Å². The highest BCUT2D eigenvalue weighted by atomic mass is 79.9. The number of aromatic amines is 1.